The van der Waals surface area contributed by atoms with Crippen LogP contribution >= 0.6 is 0 Å². The third-order valence-electron chi connectivity index (χ3n) is 7.15. The molecule has 2 heteroatoms. The second kappa shape index (κ2) is 4.26. The number of rotatable bonds is 1. The van der Waals surface area contributed by atoms with Gasteiger partial charge in [-0.05, 0) is 74.0 Å². The lowest BCUT2D eigenvalue weighted by atomic mass is 9.40. The summed E-state index contributed by atoms with van der Waals surface area (Å²) >= 11 is 0. The van der Waals surface area contributed by atoms with Gasteiger partial charge < -0.3 is 4.90 Å². The third-order valence-corrected chi connectivity index (χ3v) is 7.15. The quantitative estimate of drug-likeness (QED) is 0.707. The Hall–Kier alpha value is -0.530. The van der Waals surface area contributed by atoms with Gasteiger partial charge in [0.15, 0.2) is 0 Å². The molecule has 4 saturated carbocycles. The zero-order valence-corrected chi connectivity index (χ0v) is 14.1. The van der Waals surface area contributed by atoms with E-state index in [0.717, 1.165) is 24.9 Å². The van der Waals surface area contributed by atoms with Crippen LogP contribution < -0.4 is 0 Å². The van der Waals surface area contributed by atoms with E-state index in [-0.39, 0.29) is 5.41 Å². The number of carbonyl (C=O) groups is 1. The Morgan fingerprint density at radius 3 is 2.05 bits per heavy atom. The van der Waals surface area contributed by atoms with Gasteiger partial charge in [0.2, 0.25) is 5.91 Å². The maximum atomic E-state index is 13.4. The molecule has 118 valence electrons. The maximum absolute atomic E-state index is 13.4. The van der Waals surface area contributed by atoms with Crippen LogP contribution in [0.4, 0.5) is 0 Å². The molecule has 21 heavy (non-hydrogen) atoms. The fourth-order valence-electron chi connectivity index (χ4n) is 7.23. The minimum absolute atomic E-state index is 0.0174. The number of nitrogens with zero attached hydrogens (tertiary/aromatic N) is 1. The van der Waals surface area contributed by atoms with Gasteiger partial charge in [0.25, 0.3) is 0 Å². The average Bonchev–Trinajstić information content (AvgIpc) is 2.34. The molecule has 1 heterocycles. The minimum atomic E-state index is 0.0174. The number of hydrogen-bond acceptors (Lipinski definition) is 1. The molecule has 1 aliphatic heterocycles. The summed E-state index contributed by atoms with van der Waals surface area (Å²) in [6.07, 6.45) is 10.1. The topological polar surface area (TPSA) is 20.3 Å². The molecule has 0 radical (unpaired) electrons. The van der Waals surface area contributed by atoms with Crippen molar-refractivity contribution in [3.63, 3.8) is 0 Å². The molecule has 1 amide bonds. The molecule has 0 aromatic rings. The molecular weight excluding hydrogens is 258 g/mol. The molecule has 0 N–H and O–H groups in total. The van der Waals surface area contributed by atoms with Gasteiger partial charge in [0, 0.05) is 13.1 Å². The van der Waals surface area contributed by atoms with Crippen molar-refractivity contribution in [2.45, 2.75) is 72.1 Å². The van der Waals surface area contributed by atoms with Crippen LogP contribution in [0.2, 0.25) is 0 Å². The summed E-state index contributed by atoms with van der Waals surface area (Å²) in [6.45, 7) is 9.29. The molecule has 1 saturated heterocycles. The van der Waals surface area contributed by atoms with Crippen LogP contribution in [0, 0.1) is 28.1 Å². The van der Waals surface area contributed by atoms with Crippen molar-refractivity contribution in [2.75, 3.05) is 13.1 Å². The maximum Gasteiger partial charge on any atom is 0.228 e. The largest absolute Gasteiger partial charge is 0.342 e. The zero-order valence-electron chi connectivity index (χ0n) is 14.1. The van der Waals surface area contributed by atoms with E-state index in [9.17, 15) is 4.79 Å². The van der Waals surface area contributed by atoms with Gasteiger partial charge in [-0.15, -0.1) is 0 Å². The predicted molar refractivity (Wildman–Crippen MR) is 84.8 cm³/mol. The Kier molecular flexibility index (Phi) is 2.86. The molecule has 0 aromatic carbocycles. The molecule has 5 rings (SSSR count). The molecule has 2 nitrogen and oxygen atoms in total. The van der Waals surface area contributed by atoms with Gasteiger partial charge in [-0.1, -0.05) is 20.8 Å². The van der Waals surface area contributed by atoms with Crippen LogP contribution in [0.3, 0.4) is 0 Å². The third kappa shape index (κ3) is 2.16. The number of likely N-dealkylation sites (tertiary alicyclic amines) is 1. The highest BCUT2D eigenvalue weighted by Crippen LogP contribution is 2.69. The molecule has 0 unspecified atom stereocenters. The van der Waals surface area contributed by atoms with Crippen LogP contribution in [-0.4, -0.2) is 23.9 Å². The molecule has 4 bridgehead atoms. The van der Waals surface area contributed by atoms with Crippen molar-refractivity contribution in [1.29, 1.82) is 0 Å². The molecule has 0 spiro atoms. The van der Waals surface area contributed by atoms with E-state index in [1.54, 1.807) is 0 Å². The van der Waals surface area contributed by atoms with Crippen LogP contribution in [0.5, 0.6) is 0 Å². The Balaban J connectivity index is 1.60. The van der Waals surface area contributed by atoms with E-state index in [0.29, 0.717) is 16.7 Å². The zero-order chi connectivity index (χ0) is 14.9. The molecular formula is C19H31NO. The van der Waals surface area contributed by atoms with Gasteiger partial charge in [-0.3, -0.25) is 4.79 Å². The van der Waals surface area contributed by atoms with E-state index >= 15 is 0 Å². The highest BCUT2D eigenvalue weighted by atomic mass is 16.2. The monoisotopic (exact) mass is 289 g/mol. The van der Waals surface area contributed by atoms with Crippen molar-refractivity contribution >= 4 is 5.91 Å². The smallest absolute Gasteiger partial charge is 0.228 e. The lowest BCUT2D eigenvalue weighted by Crippen LogP contribution is -2.60. The first-order chi connectivity index (χ1) is 9.82. The fraction of sp³-hybridized carbons (Fsp3) is 0.947. The number of piperidine rings is 1. The van der Waals surface area contributed by atoms with E-state index in [1.165, 1.54) is 51.4 Å². The first kappa shape index (κ1) is 14.1. The van der Waals surface area contributed by atoms with Crippen LogP contribution in [0.25, 0.3) is 0 Å². The second-order valence-electron chi connectivity index (χ2n) is 9.89. The SMILES string of the molecule is CC1CCN(C(=O)C23CC4C[C@@](C)(C2)C[C@@](C)(C4)C3)CC1. The standard InChI is InChI=1S/C19H31NO/c1-14-4-6-20(7-5-14)16(21)19-10-15-8-17(2,12-19)11-18(3,9-15)13-19/h14-15H,4-13H2,1-3H3/t15?,17-,18-,19?/m1/s1. The Bertz CT molecular complexity index is 444. The van der Waals surface area contributed by atoms with Gasteiger partial charge in [-0.2, -0.15) is 0 Å². The predicted octanol–water partition coefficient (Wildman–Crippen LogP) is 4.24. The lowest BCUT2D eigenvalue weighted by Gasteiger charge is -2.65. The summed E-state index contributed by atoms with van der Waals surface area (Å²) in [5.74, 6) is 2.17. The molecule has 2 atom stereocenters. The summed E-state index contributed by atoms with van der Waals surface area (Å²) in [4.78, 5) is 15.6. The van der Waals surface area contributed by atoms with Crippen LogP contribution in [-0.2, 0) is 4.79 Å². The van der Waals surface area contributed by atoms with Crippen LogP contribution in [0.1, 0.15) is 72.1 Å². The summed E-state index contributed by atoms with van der Waals surface area (Å²) in [5.41, 5.74) is 0.920. The fourth-order valence-corrected chi connectivity index (χ4v) is 7.23. The van der Waals surface area contributed by atoms with E-state index in [4.69, 9.17) is 0 Å². The summed E-state index contributed by atoms with van der Waals surface area (Å²) < 4.78 is 0. The molecule has 0 aromatic heterocycles. The van der Waals surface area contributed by atoms with Crippen molar-refractivity contribution in [3.8, 4) is 0 Å². The van der Waals surface area contributed by atoms with Gasteiger partial charge in [-0.25, -0.2) is 0 Å². The van der Waals surface area contributed by atoms with E-state index in [1.807, 2.05) is 0 Å². The van der Waals surface area contributed by atoms with E-state index < -0.39 is 0 Å². The van der Waals surface area contributed by atoms with Crippen molar-refractivity contribution in [2.24, 2.45) is 28.1 Å². The first-order valence-corrected chi connectivity index (χ1v) is 9.11. The Morgan fingerprint density at radius 2 is 1.52 bits per heavy atom. The van der Waals surface area contributed by atoms with E-state index in [2.05, 4.69) is 25.7 Å². The first-order valence-electron chi connectivity index (χ1n) is 9.11. The number of amides is 1. The van der Waals surface area contributed by atoms with Crippen molar-refractivity contribution in [1.82, 2.24) is 4.90 Å². The van der Waals surface area contributed by atoms with Gasteiger partial charge in [0.1, 0.15) is 0 Å². The average molecular weight is 289 g/mol. The molecule has 5 fully saturated rings. The second-order valence-corrected chi connectivity index (χ2v) is 9.89. The summed E-state index contributed by atoms with van der Waals surface area (Å²) in [5, 5.41) is 0. The highest BCUT2D eigenvalue weighted by Gasteiger charge is 2.63. The van der Waals surface area contributed by atoms with Gasteiger partial charge in [0.05, 0.1) is 5.41 Å². The summed E-state index contributed by atoms with van der Waals surface area (Å²) in [6, 6.07) is 0. The lowest BCUT2D eigenvalue weighted by molar-refractivity contribution is -0.180. The summed E-state index contributed by atoms with van der Waals surface area (Å²) in [7, 11) is 0. The van der Waals surface area contributed by atoms with Crippen molar-refractivity contribution in [3.05, 3.63) is 0 Å². The van der Waals surface area contributed by atoms with Crippen LogP contribution in [0.15, 0.2) is 0 Å². The molecule has 4 aliphatic carbocycles. The Labute approximate surface area is 129 Å². The normalized spacial score (nSPS) is 49.7. The van der Waals surface area contributed by atoms with Gasteiger partial charge >= 0.3 is 0 Å². The number of carbonyl (C=O) groups excluding carboxylic acids is 1. The van der Waals surface area contributed by atoms with Crippen molar-refractivity contribution < 1.29 is 4.79 Å². The number of hydrogen-bond donors (Lipinski definition) is 0. The minimum Gasteiger partial charge on any atom is -0.342 e. The highest BCUT2D eigenvalue weighted by molar-refractivity contribution is 5.83. The molecule has 5 aliphatic rings. The Morgan fingerprint density at radius 1 is 0.952 bits per heavy atom.